The first-order chi connectivity index (χ1) is 17.8. The minimum Gasteiger partial charge on any atom is -0.349 e. The minimum atomic E-state index is -6.59. The Kier molecular flexibility index (Phi) is 6.93. The number of hydrogen-bond acceptors (Lipinski definition) is 2. The summed E-state index contributed by atoms with van der Waals surface area (Å²) in [6, 6.07) is 3.61. The number of amides is 1. The molecule has 39 heavy (non-hydrogen) atoms. The Morgan fingerprint density at radius 1 is 0.974 bits per heavy atom. The Labute approximate surface area is 218 Å². The zero-order chi connectivity index (χ0) is 29.1. The predicted octanol–water partition coefficient (Wildman–Crippen LogP) is 7.70. The molecule has 0 atom stereocenters. The van der Waals surface area contributed by atoms with E-state index in [4.69, 9.17) is 11.6 Å². The molecule has 4 rings (SSSR count). The second-order valence-electron chi connectivity index (χ2n) is 8.95. The number of alkyl halides is 10. The molecule has 0 spiro atoms. The molecule has 4 nitrogen and oxygen atoms in total. The zero-order valence-electron chi connectivity index (χ0n) is 19.5. The van der Waals surface area contributed by atoms with Crippen LogP contribution in [0.25, 0.3) is 16.8 Å². The van der Waals surface area contributed by atoms with E-state index in [2.05, 4.69) is 10.4 Å². The Bertz CT molecular complexity index is 1410. The summed E-state index contributed by atoms with van der Waals surface area (Å²) in [5, 5.41) is 6.73. The van der Waals surface area contributed by atoms with Crippen molar-refractivity contribution in [3.05, 3.63) is 70.0 Å². The van der Waals surface area contributed by atoms with Crippen LogP contribution in [-0.2, 0) is 11.8 Å². The van der Waals surface area contributed by atoms with Crippen molar-refractivity contribution < 1.29 is 48.7 Å². The van der Waals surface area contributed by atoms with Crippen LogP contribution >= 0.6 is 11.6 Å². The molecule has 15 heteroatoms. The van der Waals surface area contributed by atoms with Gasteiger partial charge in [-0.15, -0.1) is 0 Å². The summed E-state index contributed by atoms with van der Waals surface area (Å²) in [7, 11) is 0. The minimum absolute atomic E-state index is 0.00184. The normalized spacial score (nSPS) is 15.0. The second-order valence-corrected chi connectivity index (χ2v) is 9.36. The molecule has 1 heterocycles. The van der Waals surface area contributed by atoms with Gasteiger partial charge in [0.15, 0.2) is 0 Å². The van der Waals surface area contributed by atoms with Gasteiger partial charge in [0.2, 0.25) is 0 Å². The third kappa shape index (κ3) is 5.30. The summed E-state index contributed by atoms with van der Waals surface area (Å²) < 4.78 is 137. The number of nitrogens with zero attached hydrogens (tertiary/aromatic N) is 2. The van der Waals surface area contributed by atoms with Crippen molar-refractivity contribution in [1.29, 1.82) is 0 Å². The van der Waals surface area contributed by atoms with E-state index < -0.39 is 58.4 Å². The van der Waals surface area contributed by atoms with Gasteiger partial charge in [0.25, 0.3) is 5.91 Å². The van der Waals surface area contributed by atoms with Crippen molar-refractivity contribution in [1.82, 2.24) is 15.1 Å². The van der Waals surface area contributed by atoms with Gasteiger partial charge in [-0.05, 0) is 55.2 Å². The molecule has 0 saturated heterocycles. The van der Waals surface area contributed by atoms with Crippen LogP contribution in [0.1, 0.15) is 39.9 Å². The van der Waals surface area contributed by atoms with Gasteiger partial charge in [0, 0.05) is 23.4 Å². The summed E-state index contributed by atoms with van der Waals surface area (Å²) in [4.78, 5) is 12.4. The molecule has 1 aliphatic rings. The number of aromatic nitrogens is 2. The average molecular weight is 588 g/mol. The van der Waals surface area contributed by atoms with E-state index in [0.29, 0.717) is 0 Å². The van der Waals surface area contributed by atoms with Crippen LogP contribution < -0.4 is 5.32 Å². The van der Waals surface area contributed by atoms with Gasteiger partial charge < -0.3 is 5.32 Å². The largest absolute Gasteiger partial charge is 0.435 e. The molecule has 1 saturated carbocycles. The highest BCUT2D eigenvalue weighted by Crippen LogP contribution is 2.54. The molecule has 0 bridgehead atoms. The lowest BCUT2D eigenvalue weighted by molar-refractivity contribution is -0.348. The monoisotopic (exact) mass is 587 g/mol. The molecule has 1 fully saturated rings. The first-order valence-electron chi connectivity index (χ1n) is 11.0. The second kappa shape index (κ2) is 9.42. The third-order valence-electron chi connectivity index (χ3n) is 6.06. The SMILES string of the molecule is Cc1cc(C(F)(C(F)(F)F)C(F)(F)F)cc(C(F)(F)F)c1-c1cnn(-c2ccc(Cl)c(C(=O)NC3CC3)c2)c1. The summed E-state index contributed by atoms with van der Waals surface area (Å²) in [5.74, 6) is -0.494. The maximum Gasteiger partial charge on any atom is 0.435 e. The van der Waals surface area contributed by atoms with E-state index in [1.165, 1.54) is 18.2 Å². The lowest BCUT2D eigenvalue weighted by Gasteiger charge is -2.31. The van der Waals surface area contributed by atoms with E-state index >= 15 is 0 Å². The molecule has 1 amide bonds. The van der Waals surface area contributed by atoms with E-state index in [9.17, 15) is 48.7 Å². The topological polar surface area (TPSA) is 46.9 Å². The summed E-state index contributed by atoms with van der Waals surface area (Å²) in [5.41, 5.74) is -11.9. The Morgan fingerprint density at radius 2 is 1.59 bits per heavy atom. The molecule has 0 unspecified atom stereocenters. The lowest BCUT2D eigenvalue weighted by Crippen LogP contribution is -2.50. The fourth-order valence-corrected chi connectivity index (χ4v) is 4.20. The number of carbonyl (C=O) groups is 1. The van der Waals surface area contributed by atoms with Gasteiger partial charge in [-0.3, -0.25) is 4.79 Å². The quantitative estimate of drug-likeness (QED) is 0.311. The van der Waals surface area contributed by atoms with Crippen LogP contribution in [-0.4, -0.2) is 34.1 Å². The van der Waals surface area contributed by atoms with E-state index in [-0.39, 0.29) is 33.9 Å². The van der Waals surface area contributed by atoms with Crippen LogP contribution in [0.15, 0.2) is 42.7 Å². The molecule has 0 aliphatic heterocycles. The molecule has 0 radical (unpaired) electrons. The van der Waals surface area contributed by atoms with Crippen molar-refractivity contribution in [2.24, 2.45) is 0 Å². The fraction of sp³-hybridized carbons (Fsp3) is 0.333. The number of aryl methyl sites for hydroxylation is 1. The molecule has 2 aromatic carbocycles. The first kappa shape index (κ1) is 28.7. The molecule has 1 aliphatic carbocycles. The van der Waals surface area contributed by atoms with Gasteiger partial charge in [-0.25, -0.2) is 9.07 Å². The van der Waals surface area contributed by atoms with Gasteiger partial charge >= 0.3 is 24.2 Å². The highest BCUT2D eigenvalue weighted by atomic mass is 35.5. The molecular formula is C24H16ClF10N3O. The highest BCUT2D eigenvalue weighted by molar-refractivity contribution is 6.33. The van der Waals surface area contributed by atoms with Crippen molar-refractivity contribution in [2.45, 2.75) is 50.0 Å². The number of halogens is 11. The highest BCUT2D eigenvalue weighted by Gasteiger charge is 2.73. The van der Waals surface area contributed by atoms with Gasteiger partial charge in [0.05, 0.1) is 28.0 Å². The van der Waals surface area contributed by atoms with Crippen LogP contribution in [0.2, 0.25) is 5.02 Å². The van der Waals surface area contributed by atoms with Crippen LogP contribution in [0.3, 0.4) is 0 Å². The maximum atomic E-state index is 14.6. The van der Waals surface area contributed by atoms with Crippen LogP contribution in [0.5, 0.6) is 0 Å². The standard InChI is InChI=1S/C24H16ClF10N3O/c1-11-6-13(21(26,23(30,31)32)24(33,34)35)7-17(22(27,28)29)19(11)12-9-36-38(10-12)15-4-5-18(25)16(8-15)20(39)37-14-2-3-14/h4-10,14H,2-3H2,1H3,(H,37,39). The number of benzene rings is 2. The summed E-state index contributed by atoms with van der Waals surface area (Å²) in [6.45, 7) is 0.821. The van der Waals surface area contributed by atoms with Gasteiger partial charge in [-0.1, -0.05) is 17.7 Å². The van der Waals surface area contributed by atoms with E-state index in [1.807, 2.05) is 0 Å². The van der Waals surface area contributed by atoms with Crippen molar-refractivity contribution in [3.63, 3.8) is 0 Å². The molecular weight excluding hydrogens is 572 g/mol. The molecule has 3 aromatic rings. The maximum absolute atomic E-state index is 14.6. The Morgan fingerprint density at radius 3 is 2.13 bits per heavy atom. The number of hydrogen-bond donors (Lipinski definition) is 1. The average Bonchev–Trinajstić information content (AvgIpc) is 3.48. The summed E-state index contributed by atoms with van der Waals surface area (Å²) in [6.07, 6.45) is -15.1. The third-order valence-corrected chi connectivity index (χ3v) is 6.39. The van der Waals surface area contributed by atoms with Crippen LogP contribution in [0.4, 0.5) is 43.9 Å². The molecule has 1 N–H and O–H groups in total. The van der Waals surface area contributed by atoms with Gasteiger partial charge in [0.1, 0.15) is 0 Å². The number of rotatable bonds is 5. The number of carbonyl (C=O) groups excluding carboxylic acids is 1. The Hall–Kier alpha value is -3.29. The first-order valence-corrected chi connectivity index (χ1v) is 11.4. The Balaban J connectivity index is 1.82. The van der Waals surface area contributed by atoms with Crippen molar-refractivity contribution >= 4 is 17.5 Å². The van der Waals surface area contributed by atoms with Crippen molar-refractivity contribution in [3.8, 4) is 16.8 Å². The zero-order valence-corrected chi connectivity index (χ0v) is 20.2. The number of nitrogens with one attached hydrogen (secondary N) is 1. The lowest BCUT2D eigenvalue weighted by atomic mass is 9.87. The molecule has 210 valence electrons. The predicted molar refractivity (Wildman–Crippen MR) is 119 cm³/mol. The fourth-order valence-electron chi connectivity index (χ4n) is 3.99. The smallest absolute Gasteiger partial charge is 0.349 e. The summed E-state index contributed by atoms with van der Waals surface area (Å²) >= 11 is 6.08. The van der Waals surface area contributed by atoms with Crippen LogP contribution in [0, 0.1) is 6.92 Å². The van der Waals surface area contributed by atoms with Gasteiger partial charge in [-0.2, -0.15) is 44.6 Å². The van der Waals surface area contributed by atoms with E-state index in [1.54, 1.807) is 0 Å². The molecule has 1 aromatic heterocycles. The van der Waals surface area contributed by atoms with Crippen molar-refractivity contribution in [2.75, 3.05) is 0 Å². The van der Waals surface area contributed by atoms with E-state index in [0.717, 1.165) is 36.8 Å².